The van der Waals surface area contributed by atoms with Crippen molar-refractivity contribution in [3.63, 3.8) is 0 Å². The number of hydrogen-bond acceptors (Lipinski definition) is 2. The van der Waals surface area contributed by atoms with E-state index in [-0.39, 0.29) is 0 Å². The van der Waals surface area contributed by atoms with Crippen molar-refractivity contribution in [3.05, 3.63) is 11.6 Å². The molecule has 0 amide bonds. The molecule has 2 N–H and O–H groups in total. The van der Waals surface area contributed by atoms with E-state index in [0.29, 0.717) is 6.04 Å². The summed E-state index contributed by atoms with van der Waals surface area (Å²) < 4.78 is 0. The smallest absolute Gasteiger partial charge is 0.0310 e. The Labute approximate surface area is 90.1 Å². The van der Waals surface area contributed by atoms with Crippen LogP contribution in [0.4, 0.5) is 0 Å². The van der Waals surface area contributed by atoms with E-state index >= 15 is 0 Å². The summed E-state index contributed by atoms with van der Waals surface area (Å²) in [5.41, 5.74) is 0. The Hall–Kier alpha value is -0.0500. The molecule has 0 spiro atoms. The van der Waals surface area contributed by atoms with Gasteiger partial charge in [0, 0.05) is 23.7 Å². The maximum atomic E-state index is 5.78. The number of fused-ring (bicyclic) bond motifs is 1. The quantitative estimate of drug-likeness (QED) is 0.738. The van der Waals surface area contributed by atoms with Crippen LogP contribution in [0.3, 0.4) is 0 Å². The van der Waals surface area contributed by atoms with Crippen molar-refractivity contribution in [1.82, 2.24) is 10.6 Å². The van der Waals surface area contributed by atoms with E-state index < -0.39 is 0 Å². The number of hydrogen-bond donors (Lipinski definition) is 2. The molecule has 0 radical (unpaired) electrons. The molecule has 2 bridgehead atoms. The number of halogens is 1. The first-order chi connectivity index (χ1) is 6.75. The third-order valence-corrected chi connectivity index (χ3v) is 4.42. The molecule has 14 heavy (non-hydrogen) atoms. The van der Waals surface area contributed by atoms with Gasteiger partial charge in [-0.05, 0) is 37.1 Å². The first-order valence-corrected chi connectivity index (χ1v) is 5.93. The SMILES string of the molecule is C=C(Cl)CNC1C2CC3CNC1C3C2. The zero-order valence-electron chi connectivity index (χ0n) is 8.30. The van der Waals surface area contributed by atoms with E-state index in [2.05, 4.69) is 17.2 Å². The monoisotopic (exact) mass is 212 g/mol. The number of nitrogens with one attached hydrogen (secondary N) is 2. The van der Waals surface area contributed by atoms with Crippen LogP contribution in [0, 0.1) is 17.8 Å². The topological polar surface area (TPSA) is 24.1 Å². The summed E-state index contributed by atoms with van der Waals surface area (Å²) in [6.45, 7) is 5.73. The van der Waals surface area contributed by atoms with E-state index in [1.807, 2.05) is 0 Å². The first kappa shape index (κ1) is 9.20. The Morgan fingerprint density at radius 2 is 2.29 bits per heavy atom. The lowest BCUT2D eigenvalue weighted by molar-refractivity contribution is 0.304. The average Bonchev–Trinajstić information content (AvgIpc) is 2.70. The van der Waals surface area contributed by atoms with Gasteiger partial charge in [-0.3, -0.25) is 0 Å². The summed E-state index contributed by atoms with van der Waals surface area (Å²) >= 11 is 5.78. The Bertz CT molecular complexity index is 264. The first-order valence-electron chi connectivity index (χ1n) is 5.56. The van der Waals surface area contributed by atoms with Crippen molar-refractivity contribution in [2.75, 3.05) is 13.1 Å². The fraction of sp³-hybridized carbons (Fsp3) is 0.818. The summed E-state index contributed by atoms with van der Waals surface area (Å²) in [4.78, 5) is 0. The van der Waals surface area contributed by atoms with Gasteiger partial charge in [0.2, 0.25) is 0 Å². The van der Waals surface area contributed by atoms with Crippen molar-refractivity contribution >= 4 is 11.6 Å². The molecule has 2 aliphatic carbocycles. The highest BCUT2D eigenvalue weighted by Crippen LogP contribution is 2.51. The van der Waals surface area contributed by atoms with E-state index in [1.54, 1.807) is 0 Å². The lowest BCUT2D eigenvalue weighted by Gasteiger charge is -2.28. The maximum absolute atomic E-state index is 5.78. The minimum absolute atomic E-state index is 0.647. The molecule has 1 aliphatic heterocycles. The van der Waals surface area contributed by atoms with E-state index in [1.165, 1.54) is 19.4 Å². The van der Waals surface area contributed by atoms with Gasteiger partial charge in [0.15, 0.2) is 0 Å². The molecular weight excluding hydrogens is 196 g/mol. The Morgan fingerprint density at radius 1 is 1.43 bits per heavy atom. The van der Waals surface area contributed by atoms with Gasteiger partial charge in [-0.25, -0.2) is 0 Å². The minimum Gasteiger partial charge on any atom is -0.312 e. The molecule has 1 heterocycles. The van der Waals surface area contributed by atoms with Crippen molar-refractivity contribution < 1.29 is 0 Å². The molecule has 3 fully saturated rings. The van der Waals surface area contributed by atoms with Gasteiger partial charge in [0.1, 0.15) is 0 Å². The van der Waals surface area contributed by atoms with E-state index in [0.717, 1.165) is 35.4 Å². The average molecular weight is 213 g/mol. The van der Waals surface area contributed by atoms with E-state index in [4.69, 9.17) is 11.6 Å². The summed E-state index contributed by atoms with van der Waals surface area (Å²) in [6, 6.07) is 1.36. The van der Waals surface area contributed by atoms with Crippen molar-refractivity contribution in [2.45, 2.75) is 24.9 Å². The van der Waals surface area contributed by atoms with Gasteiger partial charge in [-0.2, -0.15) is 0 Å². The van der Waals surface area contributed by atoms with Crippen LogP contribution in [0.25, 0.3) is 0 Å². The van der Waals surface area contributed by atoms with Gasteiger partial charge >= 0.3 is 0 Å². The van der Waals surface area contributed by atoms with Gasteiger partial charge in [0.05, 0.1) is 0 Å². The van der Waals surface area contributed by atoms with Crippen molar-refractivity contribution in [3.8, 4) is 0 Å². The molecule has 2 nitrogen and oxygen atoms in total. The van der Waals surface area contributed by atoms with Crippen LogP contribution in [0.5, 0.6) is 0 Å². The second kappa shape index (κ2) is 3.22. The standard InChI is InChI=1S/C11H17ClN2/c1-6(12)4-13-10-7-2-8-5-14-11(10)9(8)3-7/h7-11,13-14H,1-5H2. The fourth-order valence-electron chi connectivity index (χ4n) is 3.82. The Balaban J connectivity index is 1.68. The van der Waals surface area contributed by atoms with Gasteiger partial charge in [0.25, 0.3) is 0 Å². The molecule has 0 aromatic rings. The summed E-state index contributed by atoms with van der Waals surface area (Å²) in [5.74, 6) is 2.81. The molecule has 2 saturated carbocycles. The van der Waals surface area contributed by atoms with Crippen LogP contribution < -0.4 is 10.6 Å². The molecule has 3 heteroatoms. The van der Waals surface area contributed by atoms with Crippen molar-refractivity contribution in [2.24, 2.45) is 17.8 Å². The predicted molar refractivity (Wildman–Crippen MR) is 58.3 cm³/mol. The molecule has 3 rings (SSSR count). The van der Waals surface area contributed by atoms with Gasteiger partial charge < -0.3 is 10.6 Å². The molecule has 5 atom stereocenters. The zero-order valence-corrected chi connectivity index (χ0v) is 9.06. The van der Waals surface area contributed by atoms with Crippen LogP contribution in [-0.4, -0.2) is 25.2 Å². The summed E-state index contributed by atoms with van der Waals surface area (Å²) in [5, 5.41) is 7.92. The molecular formula is C11H17ClN2. The molecule has 0 aromatic heterocycles. The van der Waals surface area contributed by atoms with Crippen LogP contribution in [-0.2, 0) is 0 Å². The molecule has 5 unspecified atom stereocenters. The maximum Gasteiger partial charge on any atom is 0.0310 e. The Morgan fingerprint density at radius 3 is 3.07 bits per heavy atom. The highest BCUT2D eigenvalue weighted by atomic mass is 35.5. The lowest BCUT2D eigenvalue weighted by atomic mass is 9.86. The van der Waals surface area contributed by atoms with E-state index in [9.17, 15) is 0 Å². The van der Waals surface area contributed by atoms with Crippen LogP contribution >= 0.6 is 11.6 Å². The zero-order chi connectivity index (χ0) is 9.71. The van der Waals surface area contributed by atoms with Crippen LogP contribution in [0.15, 0.2) is 11.6 Å². The molecule has 78 valence electrons. The third kappa shape index (κ3) is 1.24. The molecule has 1 saturated heterocycles. The lowest BCUT2D eigenvalue weighted by Crippen LogP contribution is -2.47. The van der Waals surface area contributed by atoms with Crippen molar-refractivity contribution in [1.29, 1.82) is 0 Å². The Kier molecular flexibility index (Phi) is 2.12. The second-order valence-corrected chi connectivity index (χ2v) is 5.55. The van der Waals surface area contributed by atoms with Gasteiger partial charge in [-0.1, -0.05) is 18.2 Å². The van der Waals surface area contributed by atoms with Crippen LogP contribution in [0.2, 0.25) is 0 Å². The summed E-state index contributed by atoms with van der Waals surface area (Å²) in [7, 11) is 0. The highest BCUT2D eigenvalue weighted by Gasteiger charge is 2.55. The predicted octanol–water partition coefficient (Wildman–Crippen LogP) is 1.32. The van der Waals surface area contributed by atoms with Gasteiger partial charge in [-0.15, -0.1) is 0 Å². The fourth-order valence-corrected chi connectivity index (χ4v) is 3.89. The molecule has 3 aliphatic rings. The molecule has 0 aromatic carbocycles. The number of rotatable bonds is 3. The second-order valence-electron chi connectivity index (χ2n) is 5.01. The largest absolute Gasteiger partial charge is 0.312 e. The summed E-state index contributed by atoms with van der Waals surface area (Å²) in [6.07, 6.45) is 2.84. The normalized spacial score (nSPS) is 48.8. The minimum atomic E-state index is 0.647. The highest BCUT2D eigenvalue weighted by molar-refractivity contribution is 6.29. The van der Waals surface area contributed by atoms with Crippen LogP contribution in [0.1, 0.15) is 12.8 Å². The third-order valence-electron chi connectivity index (χ3n) is 4.29.